The molecule has 2 heterocycles. The van der Waals surface area contributed by atoms with Crippen molar-refractivity contribution in [2.24, 2.45) is 0 Å². The number of hydrogen-bond acceptors (Lipinski definition) is 9. The summed E-state index contributed by atoms with van der Waals surface area (Å²) >= 11 is 0. The topological polar surface area (TPSA) is 143 Å². The zero-order valence-electron chi connectivity index (χ0n) is 18.9. The molecule has 34 heavy (non-hydrogen) atoms. The average molecular weight is 473 g/mol. The molecule has 10 heteroatoms. The fraction of sp³-hybridized carbons (Fsp3) is 0.542. The number of aliphatic carboxylic acids is 1. The minimum atomic E-state index is -1.31. The Balaban J connectivity index is 1.40. The van der Waals surface area contributed by atoms with Gasteiger partial charge in [-0.2, -0.15) is 0 Å². The highest BCUT2D eigenvalue weighted by atomic mass is 16.6. The Labute approximate surface area is 195 Å². The van der Waals surface area contributed by atoms with Crippen molar-refractivity contribution in [2.75, 3.05) is 13.6 Å². The van der Waals surface area contributed by atoms with E-state index >= 15 is 0 Å². The Hall–Kier alpha value is -3.11. The van der Waals surface area contributed by atoms with E-state index in [0.29, 0.717) is 25.1 Å². The van der Waals surface area contributed by atoms with Crippen molar-refractivity contribution in [1.82, 2.24) is 4.90 Å². The lowest BCUT2D eigenvalue weighted by Crippen LogP contribution is -2.74. The number of ether oxygens (including phenoxy) is 3. The largest absolute Gasteiger partial charge is 0.504 e. The first-order chi connectivity index (χ1) is 16.1. The summed E-state index contributed by atoms with van der Waals surface area (Å²) in [6.45, 7) is 1.93. The number of piperidine rings is 1. The van der Waals surface area contributed by atoms with Crippen molar-refractivity contribution in [2.45, 2.75) is 68.3 Å². The number of esters is 2. The SMILES string of the molecule is C[C@H](OC(=O)CCC(=O)OC1=CC[C@@]2(O)[C@@H]3Cc4ccc(O)c5c4[C@@]2(CCN3C)[C@H]1O5)C(=O)O. The number of carboxylic acid groups (broad SMARTS) is 1. The van der Waals surface area contributed by atoms with Crippen molar-refractivity contribution in [3.05, 3.63) is 35.1 Å². The number of likely N-dealkylation sites (N-methyl/N-ethyl adjacent to an activating group) is 1. The second-order valence-corrected chi connectivity index (χ2v) is 9.55. The second kappa shape index (κ2) is 7.71. The number of aliphatic hydroxyl groups is 1. The van der Waals surface area contributed by atoms with Crippen LogP contribution in [0.25, 0.3) is 0 Å². The van der Waals surface area contributed by atoms with Gasteiger partial charge in [-0.15, -0.1) is 0 Å². The van der Waals surface area contributed by atoms with Gasteiger partial charge in [-0.25, -0.2) is 4.79 Å². The van der Waals surface area contributed by atoms with Crippen LogP contribution in [-0.2, 0) is 35.7 Å². The van der Waals surface area contributed by atoms with Crippen LogP contribution >= 0.6 is 0 Å². The van der Waals surface area contributed by atoms with Crippen molar-refractivity contribution >= 4 is 17.9 Å². The van der Waals surface area contributed by atoms with Crippen LogP contribution in [0.5, 0.6) is 11.5 Å². The van der Waals surface area contributed by atoms with E-state index in [1.807, 2.05) is 13.1 Å². The van der Waals surface area contributed by atoms with E-state index in [1.54, 1.807) is 12.1 Å². The molecule has 4 aliphatic rings. The number of phenolic OH excluding ortho intramolecular Hbond substituents is 1. The predicted octanol–water partition coefficient (Wildman–Crippen LogP) is 1.01. The number of aromatic hydroxyl groups is 1. The highest BCUT2D eigenvalue weighted by Crippen LogP contribution is 2.65. The maximum Gasteiger partial charge on any atom is 0.344 e. The van der Waals surface area contributed by atoms with E-state index in [9.17, 15) is 24.6 Å². The van der Waals surface area contributed by atoms with Crippen molar-refractivity contribution in [3.8, 4) is 11.5 Å². The van der Waals surface area contributed by atoms with Gasteiger partial charge in [-0.1, -0.05) is 6.07 Å². The monoisotopic (exact) mass is 473 g/mol. The molecule has 1 spiro atoms. The molecule has 2 aliphatic carbocycles. The average Bonchev–Trinajstić information content (AvgIpc) is 3.14. The van der Waals surface area contributed by atoms with E-state index < -0.39 is 41.1 Å². The van der Waals surface area contributed by atoms with E-state index in [1.165, 1.54) is 6.92 Å². The van der Waals surface area contributed by atoms with Crippen LogP contribution in [-0.4, -0.2) is 75.6 Å². The Morgan fingerprint density at radius 3 is 2.74 bits per heavy atom. The number of carbonyl (C=O) groups is 3. The summed E-state index contributed by atoms with van der Waals surface area (Å²) in [7, 11) is 1.98. The second-order valence-electron chi connectivity index (χ2n) is 9.55. The lowest BCUT2D eigenvalue weighted by atomic mass is 9.50. The molecule has 5 rings (SSSR count). The summed E-state index contributed by atoms with van der Waals surface area (Å²) in [5.74, 6) is -2.25. The Morgan fingerprint density at radius 2 is 2.00 bits per heavy atom. The molecule has 182 valence electrons. The first-order valence-corrected chi connectivity index (χ1v) is 11.4. The van der Waals surface area contributed by atoms with Crippen LogP contribution < -0.4 is 4.74 Å². The molecule has 0 aromatic heterocycles. The number of likely N-dealkylation sites (tertiary alicyclic amines) is 1. The molecule has 1 aromatic rings. The standard InChI is InChI=1S/C24H27NO9/c1-12(22(29)30)32-17(27)5-6-18(28)33-15-7-8-24(31)16-11-13-3-4-14(26)20-19(13)23(24,21(15)34-20)9-10-25(16)2/h3-4,7,12,16,21,26,31H,5-6,8-11H2,1-2H3,(H,29,30)/t12-,16-,21-,23-,24+/m0/s1. The first kappa shape index (κ1) is 22.7. The lowest BCUT2D eigenvalue weighted by molar-refractivity contribution is -0.170. The molecular weight excluding hydrogens is 446 g/mol. The van der Waals surface area contributed by atoms with Gasteiger partial charge in [0.05, 0.1) is 23.9 Å². The van der Waals surface area contributed by atoms with Crippen LogP contribution in [0.4, 0.5) is 0 Å². The lowest BCUT2D eigenvalue weighted by Gasteiger charge is -2.61. The van der Waals surface area contributed by atoms with Gasteiger partial charge in [0, 0.05) is 18.0 Å². The summed E-state index contributed by atoms with van der Waals surface area (Å²) in [5, 5.41) is 31.4. The van der Waals surface area contributed by atoms with Gasteiger partial charge in [0.1, 0.15) is 5.76 Å². The van der Waals surface area contributed by atoms with E-state index in [0.717, 1.165) is 11.1 Å². The number of carboxylic acids is 1. The fourth-order valence-electron chi connectivity index (χ4n) is 6.13. The van der Waals surface area contributed by atoms with Gasteiger partial charge >= 0.3 is 17.9 Å². The highest BCUT2D eigenvalue weighted by molar-refractivity contribution is 5.81. The predicted molar refractivity (Wildman–Crippen MR) is 115 cm³/mol. The Kier molecular flexibility index (Phi) is 5.14. The quantitative estimate of drug-likeness (QED) is 0.512. The molecule has 2 bridgehead atoms. The summed E-state index contributed by atoms with van der Waals surface area (Å²) in [5.41, 5.74) is -0.244. The summed E-state index contributed by atoms with van der Waals surface area (Å²) in [4.78, 5) is 37.4. The van der Waals surface area contributed by atoms with Crippen molar-refractivity contribution in [1.29, 1.82) is 0 Å². The van der Waals surface area contributed by atoms with Gasteiger partial charge in [0.2, 0.25) is 0 Å². The molecular formula is C24H27NO9. The summed E-state index contributed by atoms with van der Waals surface area (Å²) < 4.78 is 16.6. The zero-order chi connectivity index (χ0) is 24.4. The molecule has 1 fully saturated rings. The third kappa shape index (κ3) is 3.05. The van der Waals surface area contributed by atoms with Crippen molar-refractivity contribution < 1.29 is 43.9 Å². The van der Waals surface area contributed by atoms with E-state index in [-0.39, 0.29) is 36.8 Å². The molecule has 3 N–H and O–H groups in total. The van der Waals surface area contributed by atoms with Gasteiger partial charge in [-0.3, -0.25) is 9.59 Å². The number of rotatable bonds is 6. The van der Waals surface area contributed by atoms with Crippen LogP contribution in [0.3, 0.4) is 0 Å². The molecule has 0 amide bonds. The smallest absolute Gasteiger partial charge is 0.344 e. The maximum absolute atomic E-state index is 12.6. The molecule has 2 aliphatic heterocycles. The van der Waals surface area contributed by atoms with E-state index in [4.69, 9.17) is 19.3 Å². The summed E-state index contributed by atoms with van der Waals surface area (Å²) in [6, 6.07) is 3.29. The molecule has 1 saturated heterocycles. The third-order valence-corrected chi connectivity index (χ3v) is 7.77. The number of nitrogens with zero attached hydrogens (tertiary/aromatic N) is 1. The number of benzene rings is 1. The molecule has 10 nitrogen and oxygen atoms in total. The Morgan fingerprint density at radius 1 is 1.26 bits per heavy atom. The first-order valence-electron chi connectivity index (χ1n) is 11.4. The van der Waals surface area contributed by atoms with Crippen molar-refractivity contribution in [3.63, 3.8) is 0 Å². The summed E-state index contributed by atoms with van der Waals surface area (Å²) in [6.07, 6.45) is 0.337. The highest BCUT2D eigenvalue weighted by Gasteiger charge is 2.72. The van der Waals surface area contributed by atoms with Gasteiger partial charge in [-0.05, 0) is 51.1 Å². The Bertz CT molecular complexity index is 1110. The molecule has 1 aromatic carbocycles. The fourth-order valence-corrected chi connectivity index (χ4v) is 6.13. The molecule has 5 atom stereocenters. The van der Waals surface area contributed by atoms with Crippen LogP contribution in [0.1, 0.15) is 43.7 Å². The number of carbonyl (C=O) groups excluding carboxylic acids is 2. The van der Waals surface area contributed by atoms with Gasteiger partial charge in [0.25, 0.3) is 0 Å². The van der Waals surface area contributed by atoms with Crippen LogP contribution in [0, 0.1) is 0 Å². The van der Waals surface area contributed by atoms with Crippen LogP contribution in [0.15, 0.2) is 24.0 Å². The van der Waals surface area contributed by atoms with Gasteiger partial charge in [0.15, 0.2) is 23.7 Å². The minimum absolute atomic E-state index is 0.0248. The molecule has 0 radical (unpaired) electrons. The van der Waals surface area contributed by atoms with E-state index in [2.05, 4.69) is 4.90 Å². The molecule has 0 unspecified atom stereocenters. The maximum atomic E-state index is 12.6. The normalized spacial score (nSPS) is 31.6. The number of phenols is 1. The zero-order valence-corrected chi connectivity index (χ0v) is 18.9. The van der Waals surface area contributed by atoms with Crippen LogP contribution in [0.2, 0.25) is 0 Å². The number of hydrogen-bond donors (Lipinski definition) is 3. The third-order valence-electron chi connectivity index (χ3n) is 7.77. The molecule has 0 saturated carbocycles. The minimum Gasteiger partial charge on any atom is -0.504 e. The van der Waals surface area contributed by atoms with Gasteiger partial charge < -0.3 is 34.4 Å².